The molecule has 1 aromatic carbocycles. The molecule has 6 heteroatoms. The first-order chi connectivity index (χ1) is 10.4. The first-order valence-corrected chi connectivity index (χ1v) is 6.92. The lowest BCUT2D eigenvalue weighted by atomic mass is 9.98. The average molecular weight is 298 g/mol. The van der Waals surface area contributed by atoms with E-state index in [-0.39, 0.29) is 29.9 Å². The topological polar surface area (TPSA) is 83.6 Å². The van der Waals surface area contributed by atoms with Crippen molar-refractivity contribution in [3.8, 4) is 0 Å². The van der Waals surface area contributed by atoms with E-state index in [0.717, 1.165) is 4.90 Å². The molecular formula is C16H14N2O4. The van der Waals surface area contributed by atoms with Crippen LogP contribution in [-0.2, 0) is 9.59 Å². The number of carbonyl (C=O) groups excluding carboxylic acids is 4. The number of hydrogen-bond acceptors (Lipinski definition) is 4. The minimum Gasteiger partial charge on any atom is -0.295 e. The van der Waals surface area contributed by atoms with Crippen molar-refractivity contribution in [1.29, 1.82) is 0 Å². The second kappa shape index (κ2) is 4.91. The third-order valence-electron chi connectivity index (χ3n) is 3.93. The van der Waals surface area contributed by atoms with Gasteiger partial charge < -0.3 is 0 Å². The van der Waals surface area contributed by atoms with Crippen molar-refractivity contribution < 1.29 is 19.2 Å². The number of piperidine rings is 1. The quantitative estimate of drug-likeness (QED) is 0.829. The van der Waals surface area contributed by atoms with E-state index < -0.39 is 23.8 Å². The number of rotatable bonds is 2. The van der Waals surface area contributed by atoms with Gasteiger partial charge in [0.1, 0.15) is 6.04 Å². The van der Waals surface area contributed by atoms with Gasteiger partial charge in [-0.15, -0.1) is 0 Å². The van der Waals surface area contributed by atoms with E-state index in [9.17, 15) is 19.2 Å². The molecular weight excluding hydrogens is 284 g/mol. The van der Waals surface area contributed by atoms with Crippen LogP contribution in [0.25, 0.3) is 5.57 Å². The number of imide groups is 2. The third kappa shape index (κ3) is 1.95. The largest absolute Gasteiger partial charge is 0.295 e. The summed E-state index contributed by atoms with van der Waals surface area (Å²) in [7, 11) is 0. The summed E-state index contributed by atoms with van der Waals surface area (Å²) in [6.45, 7) is 5.57. The van der Waals surface area contributed by atoms with E-state index in [4.69, 9.17) is 0 Å². The Labute approximate surface area is 126 Å². The SMILES string of the molecule is C=C(C)c1cccc2c1C(=O)N([C@@H]1CCC(=O)NC1=O)C2=O. The van der Waals surface area contributed by atoms with Crippen molar-refractivity contribution in [3.63, 3.8) is 0 Å². The van der Waals surface area contributed by atoms with Gasteiger partial charge >= 0.3 is 0 Å². The van der Waals surface area contributed by atoms with Crippen LogP contribution in [0.4, 0.5) is 0 Å². The van der Waals surface area contributed by atoms with Crippen molar-refractivity contribution in [1.82, 2.24) is 10.2 Å². The zero-order valence-corrected chi connectivity index (χ0v) is 12.0. The Kier molecular flexibility index (Phi) is 3.16. The highest BCUT2D eigenvalue weighted by Crippen LogP contribution is 2.32. The number of benzene rings is 1. The summed E-state index contributed by atoms with van der Waals surface area (Å²) in [6.07, 6.45) is 0.260. The van der Waals surface area contributed by atoms with E-state index in [1.54, 1.807) is 25.1 Å². The molecule has 2 aliphatic heterocycles. The molecule has 1 aromatic rings. The predicted octanol–water partition coefficient (Wildman–Crippen LogP) is 1.12. The standard InChI is InChI=1S/C16H14N2O4/c1-8(2)9-4-3-5-10-13(9)16(22)18(15(10)21)11-6-7-12(19)17-14(11)20/h3-5,11H,1,6-7H2,2H3,(H,17,19,20)/t11-/m1/s1. The Hall–Kier alpha value is -2.76. The summed E-state index contributed by atoms with van der Waals surface area (Å²) in [5.41, 5.74) is 1.83. The van der Waals surface area contributed by atoms with Gasteiger partial charge in [-0.3, -0.25) is 29.4 Å². The summed E-state index contributed by atoms with van der Waals surface area (Å²) < 4.78 is 0. The molecule has 1 fully saturated rings. The fourth-order valence-corrected chi connectivity index (χ4v) is 2.87. The van der Waals surface area contributed by atoms with Crippen LogP contribution >= 0.6 is 0 Å². The number of carbonyl (C=O) groups is 4. The van der Waals surface area contributed by atoms with Gasteiger partial charge in [0.05, 0.1) is 11.1 Å². The molecule has 2 aliphatic rings. The van der Waals surface area contributed by atoms with Crippen molar-refractivity contribution in [2.45, 2.75) is 25.8 Å². The zero-order chi connectivity index (χ0) is 16.0. The number of amides is 4. The van der Waals surface area contributed by atoms with Crippen LogP contribution < -0.4 is 5.32 Å². The van der Waals surface area contributed by atoms with Crippen molar-refractivity contribution in [2.75, 3.05) is 0 Å². The minimum absolute atomic E-state index is 0.108. The monoisotopic (exact) mass is 298 g/mol. The van der Waals surface area contributed by atoms with Gasteiger partial charge in [0.15, 0.2) is 0 Å². The minimum atomic E-state index is -0.942. The molecule has 6 nitrogen and oxygen atoms in total. The van der Waals surface area contributed by atoms with E-state index in [1.165, 1.54) is 0 Å². The van der Waals surface area contributed by atoms with Crippen LogP contribution in [0, 0.1) is 0 Å². The molecule has 4 amide bonds. The van der Waals surface area contributed by atoms with Gasteiger partial charge in [-0.05, 0) is 25.0 Å². The molecule has 2 heterocycles. The van der Waals surface area contributed by atoms with Crippen LogP contribution in [0.1, 0.15) is 46.0 Å². The highest BCUT2D eigenvalue weighted by molar-refractivity contribution is 6.24. The third-order valence-corrected chi connectivity index (χ3v) is 3.93. The molecule has 0 spiro atoms. The lowest BCUT2D eigenvalue weighted by Gasteiger charge is -2.27. The van der Waals surface area contributed by atoms with Crippen LogP contribution in [-0.4, -0.2) is 34.6 Å². The molecule has 0 saturated carbocycles. The van der Waals surface area contributed by atoms with Gasteiger partial charge in [0.25, 0.3) is 11.8 Å². The van der Waals surface area contributed by atoms with E-state index in [1.807, 2.05) is 0 Å². The fraction of sp³-hybridized carbons (Fsp3) is 0.250. The molecule has 0 aliphatic carbocycles. The molecule has 112 valence electrons. The molecule has 1 N–H and O–H groups in total. The Balaban J connectivity index is 2.04. The molecule has 0 radical (unpaired) electrons. The number of fused-ring (bicyclic) bond motifs is 1. The molecule has 3 rings (SSSR count). The molecule has 0 bridgehead atoms. The second-order valence-electron chi connectivity index (χ2n) is 5.46. The first kappa shape index (κ1) is 14.2. The predicted molar refractivity (Wildman–Crippen MR) is 77.8 cm³/mol. The highest BCUT2D eigenvalue weighted by atomic mass is 16.2. The molecule has 1 atom stereocenters. The van der Waals surface area contributed by atoms with Crippen LogP contribution in [0.5, 0.6) is 0 Å². The highest BCUT2D eigenvalue weighted by Gasteiger charge is 2.45. The van der Waals surface area contributed by atoms with Crippen molar-refractivity contribution in [2.24, 2.45) is 0 Å². The maximum atomic E-state index is 12.7. The van der Waals surface area contributed by atoms with Crippen molar-refractivity contribution >= 4 is 29.2 Å². The lowest BCUT2D eigenvalue weighted by Crippen LogP contribution is -2.54. The van der Waals surface area contributed by atoms with Gasteiger partial charge in [0.2, 0.25) is 11.8 Å². The maximum absolute atomic E-state index is 12.7. The van der Waals surface area contributed by atoms with Crippen LogP contribution in [0.2, 0.25) is 0 Å². The van der Waals surface area contributed by atoms with E-state index in [2.05, 4.69) is 11.9 Å². The lowest BCUT2D eigenvalue weighted by molar-refractivity contribution is -0.136. The second-order valence-corrected chi connectivity index (χ2v) is 5.46. The Morgan fingerprint density at radius 2 is 1.95 bits per heavy atom. The summed E-state index contributed by atoms with van der Waals surface area (Å²) in [6, 6.07) is 4.03. The molecule has 0 unspecified atom stereocenters. The van der Waals surface area contributed by atoms with E-state index >= 15 is 0 Å². The molecule has 0 aromatic heterocycles. The number of allylic oxidation sites excluding steroid dienone is 1. The van der Waals surface area contributed by atoms with Gasteiger partial charge in [-0.1, -0.05) is 24.3 Å². The smallest absolute Gasteiger partial charge is 0.262 e. The summed E-state index contributed by atoms with van der Waals surface area (Å²) in [5.74, 6) is -2.01. The van der Waals surface area contributed by atoms with Crippen molar-refractivity contribution in [3.05, 3.63) is 41.5 Å². The fourth-order valence-electron chi connectivity index (χ4n) is 2.87. The number of nitrogens with zero attached hydrogens (tertiary/aromatic N) is 1. The summed E-state index contributed by atoms with van der Waals surface area (Å²) in [4.78, 5) is 49.3. The Bertz CT molecular complexity index is 751. The van der Waals surface area contributed by atoms with Gasteiger partial charge in [-0.25, -0.2) is 0 Å². The van der Waals surface area contributed by atoms with Crippen LogP contribution in [0.3, 0.4) is 0 Å². The summed E-state index contributed by atoms with van der Waals surface area (Å²) in [5, 5.41) is 2.17. The maximum Gasteiger partial charge on any atom is 0.262 e. The van der Waals surface area contributed by atoms with E-state index in [0.29, 0.717) is 11.1 Å². The number of hydrogen-bond donors (Lipinski definition) is 1. The van der Waals surface area contributed by atoms with Gasteiger partial charge in [-0.2, -0.15) is 0 Å². The zero-order valence-electron chi connectivity index (χ0n) is 12.0. The number of nitrogens with one attached hydrogen (secondary N) is 1. The molecule has 1 saturated heterocycles. The molecule has 22 heavy (non-hydrogen) atoms. The van der Waals surface area contributed by atoms with Gasteiger partial charge in [0, 0.05) is 6.42 Å². The normalized spacial score (nSPS) is 21.0. The Morgan fingerprint density at radius 3 is 2.59 bits per heavy atom. The Morgan fingerprint density at radius 1 is 1.23 bits per heavy atom. The van der Waals surface area contributed by atoms with Crippen LogP contribution in [0.15, 0.2) is 24.8 Å². The summed E-state index contributed by atoms with van der Waals surface area (Å²) >= 11 is 0. The first-order valence-electron chi connectivity index (χ1n) is 6.92. The average Bonchev–Trinajstić information content (AvgIpc) is 2.72.